The number of amides is 1. The first-order valence-corrected chi connectivity index (χ1v) is 11.8. The van der Waals surface area contributed by atoms with Gasteiger partial charge in [-0.2, -0.15) is 0 Å². The fourth-order valence-corrected chi connectivity index (χ4v) is 4.43. The van der Waals surface area contributed by atoms with Crippen molar-refractivity contribution in [2.45, 2.75) is 13.0 Å². The standard InChI is InChI=1S/C29H27FN2O3/c30-27-8-5-21(6-9-27)20-35-28-3-1-2-25(16-28)29(33)32-12-13-34-19-23(18-32)14-22-4-7-24-10-11-31-17-26(24)15-22/h1-11,15-17,23H,12-14,18-20H2. The number of aromatic nitrogens is 1. The fourth-order valence-electron chi connectivity index (χ4n) is 4.43. The van der Waals surface area contributed by atoms with E-state index in [9.17, 15) is 9.18 Å². The Labute approximate surface area is 204 Å². The monoisotopic (exact) mass is 470 g/mol. The molecular formula is C29H27FN2O3. The van der Waals surface area contributed by atoms with Crippen molar-refractivity contribution in [2.75, 3.05) is 26.3 Å². The minimum Gasteiger partial charge on any atom is -0.489 e. The maximum absolute atomic E-state index is 13.4. The zero-order chi connectivity index (χ0) is 24.0. The van der Waals surface area contributed by atoms with Crippen molar-refractivity contribution in [1.82, 2.24) is 9.88 Å². The lowest BCUT2D eigenvalue weighted by molar-refractivity contribution is 0.0737. The number of halogens is 1. The Balaban J connectivity index is 1.24. The molecule has 0 bridgehead atoms. The van der Waals surface area contributed by atoms with Crippen LogP contribution in [0.2, 0.25) is 0 Å². The molecule has 0 N–H and O–H groups in total. The first-order chi connectivity index (χ1) is 17.1. The summed E-state index contributed by atoms with van der Waals surface area (Å²) in [7, 11) is 0. The zero-order valence-electron chi connectivity index (χ0n) is 19.4. The van der Waals surface area contributed by atoms with Crippen LogP contribution in [0.5, 0.6) is 5.75 Å². The summed E-state index contributed by atoms with van der Waals surface area (Å²) in [6, 6.07) is 21.8. The van der Waals surface area contributed by atoms with Gasteiger partial charge in [0.2, 0.25) is 0 Å². The van der Waals surface area contributed by atoms with Gasteiger partial charge in [0.05, 0.1) is 13.2 Å². The van der Waals surface area contributed by atoms with Gasteiger partial charge in [-0.3, -0.25) is 9.78 Å². The number of ether oxygens (including phenoxy) is 2. The summed E-state index contributed by atoms with van der Waals surface area (Å²) < 4.78 is 24.8. The van der Waals surface area contributed by atoms with E-state index in [-0.39, 0.29) is 17.6 Å². The van der Waals surface area contributed by atoms with Gasteiger partial charge in [-0.15, -0.1) is 0 Å². The normalized spacial score (nSPS) is 16.1. The van der Waals surface area contributed by atoms with Crippen LogP contribution in [0, 0.1) is 11.7 Å². The topological polar surface area (TPSA) is 51.7 Å². The number of carbonyl (C=O) groups is 1. The Morgan fingerprint density at radius 2 is 1.89 bits per heavy atom. The molecule has 2 heterocycles. The summed E-state index contributed by atoms with van der Waals surface area (Å²) >= 11 is 0. The first kappa shape index (κ1) is 23.0. The second-order valence-electron chi connectivity index (χ2n) is 8.90. The Kier molecular flexibility index (Phi) is 7.00. The molecule has 1 amide bonds. The van der Waals surface area contributed by atoms with Crippen LogP contribution in [0.4, 0.5) is 4.39 Å². The van der Waals surface area contributed by atoms with Crippen molar-refractivity contribution in [2.24, 2.45) is 5.92 Å². The number of carbonyl (C=O) groups excluding carboxylic acids is 1. The van der Waals surface area contributed by atoms with Gasteiger partial charge in [-0.25, -0.2) is 4.39 Å². The number of fused-ring (bicyclic) bond motifs is 1. The summed E-state index contributed by atoms with van der Waals surface area (Å²) in [6.07, 6.45) is 4.51. The summed E-state index contributed by atoms with van der Waals surface area (Å²) in [6.45, 7) is 2.63. The van der Waals surface area contributed by atoms with Crippen LogP contribution in [0.3, 0.4) is 0 Å². The highest BCUT2D eigenvalue weighted by Crippen LogP contribution is 2.21. The average molecular weight is 471 g/mol. The Morgan fingerprint density at radius 3 is 2.77 bits per heavy atom. The van der Waals surface area contributed by atoms with Gasteiger partial charge >= 0.3 is 0 Å². The molecule has 178 valence electrons. The minimum absolute atomic E-state index is 0.0320. The molecule has 1 fully saturated rings. The van der Waals surface area contributed by atoms with Crippen LogP contribution >= 0.6 is 0 Å². The number of benzene rings is 3. The van der Waals surface area contributed by atoms with Crippen LogP contribution in [0.15, 0.2) is 85.2 Å². The van der Waals surface area contributed by atoms with E-state index in [4.69, 9.17) is 9.47 Å². The molecule has 1 atom stereocenters. The van der Waals surface area contributed by atoms with E-state index in [2.05, 4.69) is 23.2 Å². The molecule has 3 aromatic carbocycles. The van der Waals surface area contributed by atoms with E-state index in [1.54, 1.807) is 24.4 Å². The third-order valence-corrected chi connectivity index (χ3v) is 6.25. The predicted molar refractivity (Wildman–Crippen MR) is 133 cm³/mol. The van der Waals surface area contributed by atoms with Crippen LogP contribution in [0.25, 0.3) is 10.8 Å². The molecular weight excluding hydrogens is 443 g/mol. The average Bonchev–Trinajstić information content (AvgIpc) is 3.13. The van der Waals surface area contributed by atoms with Crippen LogP contribution in [-0.2, 0) is 17.8 Å². The highest BCUT2D eigenvalue weighted by atomic mass is 19.1. The van der Waals surface area contributed by atoms with E-state index >= 15 is 0 Å². The molecule has 1 aromatic heterocycles. The van der Waals surface area contributed by atoms with Crippen molar-refractivity contribution < 1.29 is 18.7 Å². The molecule has 0 spiro atoms. The molecule has 0 radical (unpaired) electrons. The molecule has 1 saturated heterocycles. The van der Waals surface area contributed by atoms with Crippen molar-refractivity contribution in [1.29, 1.82) is 0 Å². The number of nitrogens with zero attached hydrogens (tertiary/aromatic N) is 2. The largest absolute Gasteiger partial charge is 0.489 e. The summed E-state index contributed by atoms with van der Waals surface area (Å²) in [5, 5.41) is 2.28. The van der Waals surface area contributed by atoms with E-state index in [1.807, 2.05) is 35.4 Å². The summed E-state index contributed by atoms with van der Waals surface area (Å²) in [5.74, 6) is 0.496. The maximum Gasteiger partial charge on any atom is 0.254 e. The lowest BCUT2D eigenvalue weighted by Crippen LogP contribution is -2.36. The quantitative estimate of drug-likeness (QED) is 0.385. The SMILES string of the molecule is O=C(c1cccc(OCc2ccc(F)cc2)c1)N1CCOCC(Cc2ccc3ccncc3c2)C1. The molecule has 1 unspecified atom stereocenters. The third-order valence-electron chi connectivity index (χ3n) is 6.25. The van der Waals surface area contributed by atoms with Gasteiger partial charge in [-0.1, -0.05) is 30.3 Å². The summed E-state index contributed by atoms with van der Waals surface area (Å²) in [4.78, 5) is 19.5. The van der Waals surface area contributed by atoms with E-state index in [0.29, 0.717) is 44.2 Å². The van der Waals surface area contributed by atoms with Crippen molar-refractivity contribution >= 4 is 16.7 Å². The molecule has 5 nitrogen and oxygen atoms in total. The van der Waals surface area contributed by atoms with Crippen LogP contribution in [0.1, 0.15) is 21.5 Å². The molecule has 5 rings (SSSR count). The Bertz CT molecular complexity index is 1310. The maximum atomic E-state index is 13.4. The lowest BCUT2D eigenvalue weighted by Gasteiger charge is -2.24. The molecule has 35 heavy (non-hydrogen) atoms. The second kappa shape index (κ2) is 10.7. The van der Waals surface area contributed by atoms with E-state index < -0.39 is 0 Å². The second-order valence-corrected chi connectivity index (χ2v) is 8.90. The molecule has 4 aromatic rings. The van der Waals surface area contributed by atoms with Gasteiger partial charge in [0, 0.05) is 42.4 Å². The number of rotatable bonds is 6. The smallest absolute Gasteiger partial charge is 0.254 e. The van der Waals surface area contributed by atoms with Gasteiger partial charge in [-0.05, 0) is 65.4 Å². The van der Waals surface area contributed by atoms with Gasteiger partial charge in [0.25, 0.3) is 5.91 Å². The fraction of sp³-hybridized carbons (Fsp3) is 0.241. The molecule has 0 aliphatic carbocycles. The van der Waals surface area contributed by atoms with E-state index in [0.717, 1.165) is 17.4 Å². The van der Waals surface area contributed by atoms with Crippen molar-refractivity contribution in [3.63, 3.8) is 0 Å². The van der Waals surface area contributed by atoms with E-state index in [1.165, 1.54) is 23.1 Å². The number of pyridine rings is 1. The Morgan fingerprint density at radius 1 is 1.03 bits per heavy atom. The first-order valence-electron chi connectivity index (χ1n) is 11.8. The molecule has 1 aliphatic heterocycles. The summed E-state index contributed by atoms with van der Waals surface area (Å²) in [5.41, 5.74) is 2.66. The van der Waals surface area contributed by atoms with Crippen molar-refractivity contribution in [3.05, 3.63) is 108 Å². The number of hydrogen-bond acceptors (Lipinski definition) is 4. The number of hydrogen-bond donors (Lipinski definition) is 0. The van der Waals surface area contributed by atoms with Crippen LogP contribution < -0.4 is 4.74 Å². The van der Waals surface area contributed by atoms with Gasteiger partial charge in [0.15, 0.2) is 0 Å². The third kappa shape index (κ3) is 5.84. The molecule has 6 heteroatoms. The highest BCUT2D eigenvalue weighted by molar-refractivity contribution is 5.94. The lowest BCUT2D eigenvalue weighted by atomic mass is 9.97. The highest BCUT2D eigenvalue weighted by Gasteiger charge is 2.24. The predicted octanol–water partition coefficient (Wildman–Crippen LogP) is 5.28. The van der Waals surface area contributed by atoms with Gasteiger partial charge in [0.1, 0.15) is 18.2 Å². The van der Waals surface area contributed by atoms with Crippen molar-refractivity contribution in [3.8, 4) is 5.75 Å². The molecule has 1 aliphatic rings. The molecule has 0 saturated carbocycles. The van der Waals surface area contributed by atoms with Gasteiger partial charge < -0.3 is 14.4 Å². The zero-order valence-corrected chi connectivity index (χ0v) is 19.4. The minimum atomic E-state index is -0.279. The Hall–Kier alpha value is -3.77. The van der Waals surface area contributed by atoms with Crippen LogP contribution in [-0.4, -0.2) is 42.1 Å².